The molecular formula is C60H69N10O12P. The molecule has 4 fully saturated rings. The van der Waals surface area contributed by atoms with E-state index < -0.39 is 72.9 Å². The molecule has 0 spiro atoms. The maximum absolute atomic E-state index is 14.6. The van der Waals surface area contributed by atoms with Crippen molar-refractivity contribution < 1.29 is 52.7 Å². The van der Waals surface area contributed by atoms with E-state index in [1.54, 1.807) is 16.5 Å². The van der Waals surface area contributed by atoms with Gasteiger partial charge in [-0.25, -0.2) is 4.79 Å². The van der Waals surface area contributed by atoms with Crippen molar-refractivity contribution in [1.29, 1.82) is 0 Å². The summed E-state index contributed by atoms with van der Waals surface area (Å²) in [6, 6.07) is 26.0. The van der Waals surface area contributed by atoms with Gasteiger partial charge in [-0.2, -0.15) is 0 Å². The molecule has 5 atom stereocenters. The molecule has 3 aliphatic heterocycles. The zero-order valence-electron chi connectivity index (χ0n) is 46.0. The van der Waals surface area contributed by atoms with Gasteiger partial charge in [-0.3, -0.25) is 62.3 Å². The van der Waals surface area contributed by atoms with Crippen molar-refractivity contribution in [3.8, 4) is 0 Å². The van der Waals surface area contributed by atoms with E-state index in [1.165, 1.54) is 28.8 Å². The Hall–Kier alpha value is -8.04. The minimum Gasteiger partial charge on any atom is -0.370 e. The predicted octanol–water partition coefficient (Wildman–Crippen LogP) is 4.69. The zero-order valence-corrected chi connectivity index (χ0v) is 46.9. The summed E-state index contributed by atoms with van der Waals surface area (Å²) in [4.78, 5) is 146. The Balaban J connectivity index is 0.828. The molecule has 6 aromatic rings. The van der Waals surface area contributed by atoms with Gasteiger partial charge in [0.2, 0.25) is 35.4 Å². The Morgan fingerprint density at radius 2 is 1.48 bits per heavy atom. The van der Waals surface area contributed by atoms with Crippen molar-refractivity contribution in [2.45, 2.75) is 126 Å². The number of benzene rings is 4. The molecule has 3 saturated heterocycles. The third-order valence-corrected chi connectivity index (χ3v) is 18.0. The van der Waals surface area contributed by atoms with Gasteiger partial charge in [0.15, 0.2) is 0 Å². The number of fused-ring (bicyclic) bond motifs is 3. The highest BCUT2D eigenvalue weighted by Gasteiger charge is 2.43. The number of primary amides is 1. The van der Waals surface area contributed by atoms with Crippen LogP contribution in [0.2, 0.25) is 0 Å². The zero-order chi connectivity index (χ0) is 58.7. The number of rotatable bonds is 18. The monoisotopic (exact) mass is 1150 g/mol. The van der Waals surface area contributed by atoms with Gasteiger partial charge in [0.25, 0.3) is 11.4 Å². The van der Waals surface area contributed by atoms with Gasteiger partial charge in [0.05, 0.1) is 29.2 Å². The molecule has 4 aromatic carbocycles. The first-order chi connectivity index (χ1) is 39.8. The summed E-state index contributed by atoms with van der Waals surface area (Å²) >= 11 is 0. The molecule has 2 aromatic heterocycles. The maximum Gasteiger partial charge on any atom is 0.396 e. The van der Waals surface area contributed by atoms with Crippen LogP contribution in [0.15, 0.2) is 108 Å². The van der Waals surface area contributed by atoms with E-state index in [0.717, 1.165) is 42.4 Å². The first kappa shape index (κ1) is 58.2. The summed E-state index contributed by atoms with van der Waals surface area (Å²) in [5.41, 5.74) is 8.27. The number of aromatic amines is 1. The van der Waals surface area contributed by atoms with Crippen molar-refractivity contribution in [3.63, 3.8) is 0 Å². The Labute approximate surface area is 478 Å². The van der Waals surface area contributed by atoms with Crippen LogP contribution < -0.4 is 32.7 Å². The van der Waals surface area contributed by atoms with E-state index in [2.05, 4.69) is 26.3 Å². The third kappa shape index (κ3) is 13.1. The molecule has 23 heteroatoms. The molecule has 0 bridgehead atoms. The van der Waals surface area contributed by atoms with Crippen LogP contribution in [0.1, 0.15) is 139 Å². The Morgan fingerprint density at radius 1 is 0.771 bits per heavy atom. The first-order valence-electron chi connectivity index (χ1n) is 28.4. The van der Waals surface area contributed by atoms with Gasteiger partial charge in [-0.05, 0) is 129 Å². The molecule has 83 heavy (non-hydrogen) atoms. The topological polar surface area (TPSA) is 317 Å². The molecule has 1 saturated carbocycles. The Bertz CT molecular complexity index is 3550. The van der Waals surface area contributed by atoms with Crippen LogP contribution in [0.3, 0.4) is 0 Å². The van der Waals surface area contributed by atoms with Crippen LogP contribution in [0.25, 0.3) is 21.9 Å². The van der Waals surface area contributed by atoms with E-state index in [-0.39, 0.29) is 91.8 Å². The van der Waals surface area contributed by atoms with Crippen molar-refractivity contribution >= 4 is 76.4 Å². The smallest absolute Gasteiger partial charge is 0.370 e. The number of imide groups is 1. The molecule has 5 heterocycles. The lowest BCUT2D eigenvalue weighted by Crippen LogP contribution is -2.59. The highest BCUT2D eigenvalue weighted by atomic mass is 31.2. The lowest BCUT2D eigenvalue weighted by atomic mass is 9.77. The van der Waals surface area contributed by atoms with Crippen LogP contribution in [0.5, 0.6) is 0 Å². The molecule has 7 amide bonds. The van der Waals surface area contributed by atoms with Gasteiger partial charge in [-0.1, -0.05) is 66.7 Å². The summed E-state index contributed by atoms with van der Waals surface area (Å²) in [6.45, 7) is 0.597. The van der Waals surface area contributed by atoms with Gasteiger partial charge in [0.1, 0.15) is 17.8 Å². The van der Waals surface area contributed by atoms with Crippen LogP contribution in [-0.4, -0.2) is 124 Å². The van der Waals surface area contributed by atoms with Crippen molar-refractivity contribution in [3.05, 3.63) is 142 Å². The summed E-state index contributed by atoms with van der Waals surface area (Å²) in [5, 5.41) is 11.9. The van der Waals surface area contributed by atoms with Crippen LogP contribution in [0.4, 0.5) is 0 Å². The molecule has 4 aliphatic rings. The average Bonchev–Trinajstić information content (AvgIpc) is 3.40. The van der Waals surface area contributed by atoms with Crippen LogP contribution in [-0.2, 0) is 40.4 Å². The van der Waals surface area contributed by atoms with Crippen LogP contribution >= 0.6 is 7.60 Å². The number of hydrogen-bond acceptors (Lipinski definition) is 11. The largest absolute Gasteiger partial charge is 0.396 e. The van der Waals surface area contributed by atoms with Gasteiger partial charge in [-0.15, -0.1) is 0 Å². The second-order valence-electron chi connectivity index (χ2n) is 22.6. The van der Waals surface area contributed by atoms with E-state index in [1.807, 2.05) is 83.8 Å². The van der Waals surface area contributed by atoms with E-state index >= 15 is 0 Å². The molecule has 436 valence electrons. The first-order valence-corrected chi connectivity index (χ1v) is 30.0. The number of nitrogens with zero attached hydrogens (tertiary/aromatic N) is 4. The fraction of sp³-hybridized carbons (Fsp3) is 0.417. The molecule has 1 unspecified atom stereocenters. The summed E-state index contributed by atoms with van der Waals surface area (Å²) in [5.74, 6) is -2.53. The molecule has 10 rings (SSSR count). The molecule has 0 radical (unpaired) electrons. The SMILES string of the molecule is Cn1c(=O)n(C2CCC(=O)NC2=O)c2ccc(C3CCC(CCC(=O)N4CC[C@H]5CC[C@@H](C(=O)N[C@@H](CCC(N)=O)C(=O)NC(c6ccccc6)c6ccccc6)N5C[C@@H](NC(=O)c5cc6cc(C(=O)P(=O)(O)O)ccc6[nH]5)C4)CC3)cc21. The Morgan fingerprint density at radius 3 is 2.16 bits per heavy atom. The number of carbonyl (C=O) groups is 8. The molecule has 1 aliphatic carbocycles. The Kier molecular flexibility index (Phi) is 17.4. The minimum absolute atomic E-state index is 0.0553. The number of nitrogens with two attached hydrogens (primary N) is 1. The lowest BCUT2D eigenvalue weighted by Gasteiger charge is -2.39. The minimum atomic E-state index is -5.09. The van der Waals surface area contributed by atoms with Crippen LogP contribution in [0, 0.1) is 5.92 Å². The second kappa shape index (κ2) is 24.8. The summed E-state index contributed by atoms with van der Waals surface area (Å²) in [7, 11) is -3.40. The number of hydrogen-bond donors (Lipinski definition) is 8. The number of amides is 7. The number of aryl methyl sites for hydroxylation is 1. The maximum atomic E-state index is 14.6. The summed E-state index contributed by atoms with van der Waals surface area (Å²) in [6.07, 6.45) is 6.17. The fourth-order valence-corrected chi connectivity index (χ4v) is 13.2. The number of carbonyl (C=O) groups excluding carboxylic acids is 8. The van der Waals surface area contributed by atoms with Crippen molar-refractivity contribution in [2.75, 3.05) is 19.6 Å². The number of H-pyrrole nitrogens is 1. The fourth-order valence-electron chi connectivity index (χ4n) is 12.8. The van der Waals surface area contributed by atoms with Crippen molar-refractivity contribution in [1.82, 2.24) is 45.2 Å². The second-order valence-corrected chi connectivity index (χ2v) is 24.1. The normalized spacial score (nSPS) is 21.9. The van der Waals surface area contributed by atoms with E-state index in [4.69, 9.17) is 5.73 Å². The number of nitrogens with one attached hydrogen (secondary N) is 5. The predicted molar refractivity (Wildman–Crippen MR) is 306 cm³/mol. The molecular weight excluding hydrogens is 1080 g/mol. The van der Waals surface area contributed by atoms with Gasteiger partial charge >= 0.3 is 13.3 Å². The quantitative estimate of drug-likeness (QED) is 0.0428. The van der Waals surface area contributed by atoms with Gasteiger partial charge < -0.3 is 41.4 Å². The number of aromatic nitrogens is 3. The third-order valence-electron chi connectivity index (χ3n) is 17.2. The highest BCUT2D eigenvalue weighted by Crippen LogP contribution is 2.41. The standard InChI is InChI=1S/C60H69N10O12P/c1-67-50-32-39(18-22-47(50)70(60(67)79)49-24-26-52(72)65-58(49)77)36-15-12-35(13-16-36)14-27-53(73)68-29-28-43-19-23-48(69(43)34-42(33-68)62-56(75)46-31-41-30-40(17-20-44(41)63-46)59(78)83(80,81)82)57(76)64-45(21-25-51(61)71)55(74)66-54(37-8-4-2-5-9-37)38-10-6-3-7-11-38/h2-11,17-18,20,22,30-32,35-36,42-43,45,48-49,54,63H,12-16,19,21,23-29,33-34H2,1H3,(H2,61,71)(H,62,75)(H,64,76)(H,66,74)(H,65,72,77)(H2,80,81,82)/t35?,36?,42-,43+,45-,48-,49?/m0/s1. The van der Waals surface area contributed by atoms with Crippen molar-refractivity contribution in [2.24, 2.45) is 18.7 Å². The van der Waals surface area contributed by atoms with Gasteiger partial charge in [0, 0.05) is 68.5 Å². The number of piperidine rings is 1. The number of imidazole rings is 1. The lowest BCUT2D eigenvalue weighted by molar-refractivity contribution is -0.136. The molecule has 22 nitrogen and oxygen atoms in total. The molecule has 9 N–H and O–H groups in total. The van der Waals surface area contributed by atoms with E-state index in [9.17, 15) is 57.5 Å². The highest BCUT2D eigenvalue weighted by molar-refractivity contribution is 7.70. The van der Waals surface area contributed by atoms with E-state index in [0.29, 0.717) is 54.2 Å². The summed E-state index contributed by atoms with van der Waals surface area (Å²) < 4.78 is 14.8. The average molecular weight is 1150 g/mol.